The first-order valence-corrected chi connectivity index (χ1v) is 5.47. The van der Waals surface area contributed by atoms with E-state index in [0.29, 0.717) is 23.7 Å². The molecule has 0 atom stereocenters. The molecular formula is C10H11N7O. The first-order valence-electron chi connectivity index (χ1n) is 5.47. The molecule has 0 aliphatic carbocycles. The van der Waals surface area contributed by atoms with Crippen LogP contribution in [0.3, 0.4) is 0 Å². The molecule has 18 heavy (non-hydrogen) atoms. The van der Waals surface area contributed by atoms with Crippen molar-refractivity contribution >= 4 is 17.1 Å². The van der Waals surface area contributed by atoms with Crippen LogP contribution in [-0.2, 0) is 6.42 Å². The summed E-state index contributed by atoms with van der Waals surface area (Å²) in [5, 5.41) is 3.09. The van der Waals surface area contributed by atoms with Crippen molar-refractivity contribution in [1.29, 1.82) is 0 Å². The molecule has 0 radical (unpaired) electrons. The zero-order valence-electron chi connectivity index (χ0n) is 9.40. The zero-order valence-corrected chi connectivity index (χ0v) is 9.40. The van der Waals surface area contributed by atoms with Gasteiger partial charge in [-0.3, -0.25) is 4.79 Å². The Morgan fingerprint density at radius 2 is 2.22 bits per heavy atom. The van der Waals surface area contributed by atoms with E-state index in [1.807, 2.05) is 0 Å². The van der Waals surface area contributed by atoms with Gasteiger partial charge in [0.25, 0.3) is 5.56 Å². The maximum Gasteiger partial charge on any atom is 0.276 e. The van der Waals surface area contributed by atoms with E-state index in [9.17, 15) is 4.79 Å². The highest BCUT2D eigenvalue weighted by Crippen LogP contribution is 2.06. The fourth-order valence-corrected chi connectivity index (χ4v) is 1.66. The summed E-state index contributed by atoms with van der Waals surface area (Å²) in [6.45, 7) is 0.680. The molecule has 3 aromatic heterocycles. The number of anilines is 1. The first kappa shape index (κ1) is 10.5. The van der Waals surface area contributed by atoms with E-state index in [2.05, 4.69) is 35.2 Å². The number of hydrogen-bond acceptors (Lipinski definition) is 5. The number of aromatic nitrogens is 6. The van der Waals surface area contributed by atoms with Crippen LogP contribution in [0.2, 0.25) is 0 Å². The molecule has 0 aliphatic rings. The van der Waals surface area contributed by atoms with E-state index in [1.54, 1.807) is 12.5 Å². The van der Waals surface area contributed by atoms with Gasteiger partial charge in [0.1, 0.15) is 0 Å². The number of H-pyrrole nitrogens is 3. The molecule has 0 fully saturated rings. The summed E-state index contributed by atoms with van der Waals surface area (Å²) >= 11 is 0. The molecule has 0 unspecified atom stereocenters. The summed E-state index contributed by atoms with van der Waals surface area (Å²) in [6, 6.07) is 0. The van der Waals surface area contributed by atoms with Gasteiger partial charge in [-0.15, -0.1) is 0 Å². The Balaban J connectivity index is 1.71. The van der Waals surface area contributed by atoms with Crippen molar-refractivity contribution < 1.29 is 0 Å². The highest BCUT2D eigenvalue weighted by Gasteiger charge is 2.06. The van der Waals surface area contributed by atoms with Crippen LogP contribution in [0.15, 0.2) is 23.6 Å². The number of hydrogen-bond donors (Lipinski definition) is 4. The first-order chi connectivity index (χ1) is 8.83. The van der Waals surface area contributed by atoms with Crippen molar-refractivity contribution in [2.45, 2.75) is 6.42 Å². The second kappa shape index (κ2) is 4.32. The summed E-state index contributed by atoms with van der Waals surface area (Å²) < 4.78 is 0. The van der Waals surface area contributed by atoms with Gasteiger partial charge in [-0.2, -0.15) is 4.98 Å². The highest BCUT2D eigenvalue weighted by molar-refractivity contribution is 5.71. The standard InChI is InChI=1S/C10H11N7O/c18-9-7-8(14-5-15-9)17-10(16-7)12-2-1-6-3-11-4-13-6/h3-5H,1-2H2,(H,11,13)(H3,12,14,15,16,17,18). The lowest BCUT2D eigenvalue weighted by molar-refractivity contribution is 0.963. The van der Waals surface area contributed by atoms with Gasteiger partial charge in [-0.05, 0) is 0 Å². The molecule has 0 aliphatic heterocycles. The monoisotopic (exact) mass is 245 g/mol. The number of rotatable bonds is 4. The summed E-state index contributed by atoms with van der Waals surface area (Å²) in [7, 11) is 0. The largest absolute Gasteiger partial charge is 0.355 e. The second-order valence-electron chi connectivity index (χ2n) is 3.77. The van der Waals surface area contributed by atoms with Crippen LogP contribution in [0.1, 0.15) is 5.69 Å². The Morgan fingerprint density at radius 1 is 1.28 bits per heavy atom. The topological polar surface area (TPSA) is 115 Å². The third-order valence-corrected chi connectivity index (χ3v) is 2.54. The van der Waals surface area contributed by atoms with Crippen molar-refractivity contribution in [3.63, 3.8) is 0 Å². The predicted molar refractivity (Wildman–Crippen MR) is 65.3 cm³/mol. The fraction of sp³-hybridized carbons (Fsp3) is 0.200. The summed E-state index contributed by atoms with van der Waals surface area (Å²) in [5.41, 5.74) is 1.59. The van der Waals surface area contributed by atoms with Gasteiger partial charge < -0.3 is 20.3 Å². The molecular weight excluding hydrogens is 234 g/mol. The van der Waals surface area contributed by atoms with Crippen LogP contribution < -0.4 is 10.9 Å². The highest BCUT2D eigenvalue weighted by atomic mass is 16.1. The van der Waals surface area contributed by atoms with Crippen LogP contribution in [0.25, 0.3) is 11.2 Å². The Hall–Kier alpha value is -2.64. The van der Waals surface area contributed by atoms with Crippen molar-refractivity contribution in [3.05, 3.63) is 34.9 Å². The van der Waals surface area contributed by atoms with Crippen molar-refractivity contribution in [1.82, 2.24) is 29.9 Å². The van der Waals surface area contributed by atoms with Crippen LogP contribution in [-0.4, -0.2) is 36.4 Å². The molecule has 8 heteroatoms. The zero-order chi connectivity index (χ0) is 12.4. The van der Waals surface area contributed by atoms with E-state index in [-0.39, 0.29) is 5.56 Å². The second-order valence-corrected chi connectivity index (χ2v) is 3.77. The lowest BCUT2D eigenvalue weighted by Gasteiger charge is -1.99. The maximum atomic E-state index is 11.4. The van der Waals surface area contributed by atoms with Crippen LogP contribution in [0.5, 0.6) is 0 Å². The minimum absolute atomic E-state index is 0.228. The number of nitrogens with one attached hydrogen (secondary N) is 4. The van der Waals surface area contributed by atoms with E-state index in [1.165, 1.54) is 6.33 Å². The lowest BCUT2D eigenvalue weighted by Crippen LogP contribution is -2.07. The van der Waals surface area contributed by atoms with Crippen molar-refractivity contribution in [3.8, 4) is 0 Å². The molecule has 0 bridgehead atoms. The normalized spacial score (nSPS) is 10.9. The van der Waals surface area contributed by atoms with Gasteiger partial charge in [-0.25, -0.2) is 9.97 Å². The minimum atomic E-state index is -0.228. The molecule has 3 aromatic rings. The van der Waals surface area contributed by atoms with E-state index >= 15 is 0 Å². The van der Waals surface area contributed by atoms with Crippen LogP contribution in [0, 0.1) is 0 Å². The summed E-state index contributed by atoms with van der Waals surface area (Å²) in [6.07, 6.45) is 5.53. The smallest absolute Gasteiger partial charge is 0.276 e. The minimum Gasteiger partial charge on any atom is -0.355 e. The SMILES string of the molecule is O=c1[nH]cnc2nc(NCCc3cnc[nH]3)[nH]c12. The molecule has 3 heterocycles. The predicted octanol–water partition coefficient (Wildman–Crippen LogP) is 0.0239. The molecule has 0 aromatic carbocycles. The lowest BCUT2D eigenvalue weighted by atomic mass is 10.3. The summed E-state index contributed by atoms with van der Waals surface area (Å²) in [5.74, 6) is 0.536. The molecule has 0 amide bonds. The molecule has 8 nitrogen and oxygen atoms in total. The Bertz CT molecular complexity index is 696. The molecule has 3 rings (SSSR count). The molecule has 0 saturated heterocycles. The van der Waals surface area contributed by atoms with Crippen LogP contribution >= 0.6 is 0 Å². The third-order valence-electron chi connectivity index (χ3n) is 2.54. The molecule has 0 spiro atoms. The van der Waals surface area contributed by atoms with E-state index < -0.39 is 0 Å². The van der Waals surface area contributed by atoms with Gasteiger partial charge in [0, 0.05) is 24.9 Å². The molecule has 0 saturated carbocycles. The van der Waals surface area contributed by atoms with Crippen molar-refractivity contribution in [2.75, 3.05) is 11.9 Å². The Morgan fingerprint density at radius 3 is 3.00 bits per heavy atom. The number of imidazole rings is 2. The fourth-order valence-electron chi connectivity index (χ4n) is 1.66. The van der Waals surface area contributed by atoms with Gasteiger partial charge in [0.2, 0.25) is 5.95 Å². The van der Waals surface area contributed by atoms with Crippen LogP contribution in [0.4, 0.5) is 5.95 Å². The van der Waals surface area contributed by atoms with Gasteiger partial charge in [0.05, 0.1) is 12.7 Å². The average Bonchev–Trinajstić information content (AvgIpc) is 2.98. The Kier molecular flexibility index (Phi) is 2.52. The quantitative estimate of drug-likeness (QED) is 0.517. The number of fused-ring (bicyclic) bond motifs is 1. The van der Waals surface area contributed by atoms with Crippen molar-refractivity contribution in [2.24, 2.45) is 0 Å². The van der Waals surface area contributed by atoms with E-state index in [4.69, 9.17) is 0 Å². The molecule has 92 valence electrons. The summed E-state index contributed by atoms with van der Waals surface area (Å²) in [4.78, 5) is 31.9. The molecule has 4 N–H and O–H groups in total. The third kappa shape index (κ3) is 1.95. The Labute approximate surface area is 101 Å². The van der Waals surface area contributed by atoms with Gasteiger partial charge in [0.15, 0.2) is 11.2 Å². The maximum absolute atomic E-state index is 11.4. The number of aromatic amines is 3. The van der Waals surface area contributed by atoms with Gasteiger partial charge >= 0.3 is 0 Å². The average molecular weight is 245 g/mol. The van der Waals surface area contributed by atoms with E-state index in [0.717, 1.165) is 12.1 Å². The van der Waals surface area contributed by atoms with Gasteiger partial charge in [-0.1, -0.05) is 0 Å². The number of nitrogens with zero attached hydrogens (tertiary/aromatic N) is 3.